The summed E-state index contributed by atoms with van der Waals surface area (Å²) in [7, 11) is 0. The molecule has 29 heavy (non-hydrogen) atoms. The molecular formula is C22H22N4OS2. The highest BCUT2D eigenvalue weighted by Gasteiger charge is 2.20. The van der Waals surface area contributed by atoms with Crippen molar-refractivity contribution >= 4 is 44.4 Å². The third kappa shape index (κ3) is 4.86. The van der Waals surface area contributed by atoms with E-state index >= 15 is 0 Å². The number of carbonyl (C=O) groups is 1. The van der Waals surface area contributed by atoms with Crippen molar-refractivity contribution in [3.8, 4) is 0 Å². The first kappa shape index (κ1) is 19.7. The highest BCUT2D eigenvalue weighted by Crippen LogP contribution is 2.29. The molecule has 2 aromatic carbocycles. The molecule has 0 unspecified atom stereocenters. The van der Waals surface area contributed by atoms with Crippen LogP contribution in [0.3, 0.4) is 0 Å². The first-order valence-electron chi connectivity index (χ1n) is 9.58. The van der Waals surface area contributed by atoms with Gasteiger partial charge in [-0.05, 0) is 41.6 Å². The number of hydrogen-bond acceptors (Lipinski definition) is 5. The van der Waals surface area contributed by atoms with Crippen molar-refractivity contribution in [3.63, 3.8) is 0 Å². The molecule has 4 rings (SSSR count). The molecule has 5 nitrogen and oxygen atoms in total. The summed E-state index contributed by atoms with van der Waals surface area (Å²) in [4.78, 5) is 20.9. The summed E-state index contributed by atoms with van der Waals surface area (Å²) in [5, 5.41) is 4.99. The summed E-state index contributed by atoms with van der Waals surface area (Å²) in [6, 6.07) is 18.1. The van der Waals surface area contributed by atoms with Gasteiger partial charge >= 0.3 is 0 Å². The van der Waals surface area contributed by atoms with Crippen LogP contribution >= 0.6 is 23.1 Å². The molecular weight excluding hydrogens is 400 g/mol. The molecule has 2 heterocycles. The van der Waals surface area contributed by atoms with E-state index in [1.165, 1.54) is 4.90 Å². The van der Waals surface area contributed by atoms with Gasteiger partial charge in [-0.3, -0.25) is 14.4 Å². The lowest BCUT2D eigenvalue weighted by Gasteiger charge is -2.20. The Morgan fingerprint density at radius 2 is 1.97 bits per heavy atom. The fraction of sp³-hybridized carbons (Fsp3) is 0.227. The van der Waals surface area contributed by atoms with Crippen LogP contribution in [0.1, 0.15) is 12.5 Å². The van der Waals surface area contributed by atoms with Crippen LogP contribution in [0, 0.1) is 0 Å². The Morgan fingerprint density at radius 3 is 2.69 bits per heavy atom. The normalized spacial score (nSPS) is 11.1. The van der Waals surface area contributed by atoms with E-state index in [1.807, 2.05) is 53.3 Å². The minimum Gasteiger partial charge on any atom is -0.286 e. The number of rotatable bonds is 8. The van der Waals surface area contributed by atoms with Crippen LogP contribution in [-0.2, 0) is 17.8 Å². The molecule has 4 aromatic rings. The van der Waals surface area contributed by atoms with Crippen molar-refractivity contribution in [1.82, 2.24) is 14.8 Å². The Labute approximate surface area is 178 Å². The number of thiazole rings is 1. The molecule has 1 amide bonds. The van der Waals surface area contributed by atoms with Crippen molar-refractivity contribution in [1.29, 1.82) is 0 Å². The number of carbonyl (C=O) groups excluding carboxylic acids is 1. The number of thioether (sulfide) groups is 1. The lowest BCUT2D eigenvalue weighted by atomic mass is 10.1. The number of amides is 1. The van der Waals surface area contributed by atoms with Gasteiger partial charge in [-0.15, -0.1) is 11.8 Å². The van der Waals surface area contributed by atoms with E-state index in [0.29, 0.717) is 19.5 Å². The van der Waals surface area contributed by atoms with E-state index in [0.717, 1.165) is 26.7 Å². The average molecular weight is 423 g/mol. The Kier molecular flexibility index (Phi) is 6.27. The third-order valence-corrected chi connectivity index (χ3v) is 6.47. The van der Waals surface area contributed by atoms with E-state index in [4.69, 9.17) is 4.98 Å². The number of nitrogens with zero attached hydrogens (tertiary/aromatic N) is 4. The first-order valence-corrected chi connectivity index (χ1v) is 11.4. The molecule has 0 N–H and O–H groups in total. The molecule has 148 valence electrons. The molecule has 0 radical (unpaired) electrons. The summed E-state index contributed by atoms with van der Waals surface area (Å²) in [5.74, 6) is 1.09. The topological polar surface area (TPSA) is 51.0 Å². The Balaban J connectivity index is 1.55. The Hall–Kier alpha value is -2.64. The zero-order valence-electron chi connectivity index (χ0n) is 16.2. The van der Waals surface area contributed by atoms with E-state index in [9.17, 15) is 4.79 Å². The second-order valence-electron chi connectivity index (χ2n) is 6.53. The maximum Gasteiger partial charge on any atom is 0.233 e. The van der Waals surface area contributed by atoms with Gasteiger partial charge in [-0.25, -0.2) is 4.98 Å². The quantitative estimate of drug-likeness (QED) is 0.380. The highest BCUT2D eigenvalue weighted by molar-refractivity contribution is 7.99. The maximum absolute atomic E-state index is 13.2. The van der Waals surface area contributed by atoms with Gasteiger partial charge in [0.15, 0.2) is 5.13 Å². The van der Waals surface area contributed by atoms with Gasteiger partial charge in [0, 0.05) is 23.8 Å². The lowest BCUT2D eigenvalue weighted by molar-refractivity contribution is -0.118. The minimum absolute atomic E-state index is 0.0482. The largest absolute Gasteiger partial charge is 0.286 e. The SMILES string of the molecule is CCSc1ccc(CC(=O)N(CCn2cccn2)c2nc3ccccc3s2)cc1. The van der Waals surface area contributed by atoms with Crippen molar-refractivity contribution in [2.24, 2.45) is 0 Å². The highest BCUT2D eigenvalue weighted by atomic mass is 32.2. The zero-order chi connectivity index (χ0) is 20.1. The van der Waals surface area contributed by atoms with Crippen molar-refractivity contribution in [3.05, 3.63) is 72.6 Å². The number of benzene rings is 2. The predicted octanol–water partition coefficient (Wildman–Crippen LogP) is 4.88. The molecule has 0 saturated carbocycles. The second-order valence-corrected chi connectivity index (χ2v) is 8.88. The van der Waals surface area contributed by atoms with Crippen LogP contribution in [-0.4, -0.2) is 33.0 Å². The fourth-order valence-corrected chi connectivity index (χ4v) is 4.75. The van der Waals surface area contributed by atoms with Gasteiger partial charge in [-0.1, -0.05) is 42.5 Å². The van der Waals surface area contributed by atoms with Gasteiger partial charge in [0.2, 0.25) is 5.91 Å². The molecule has 0 saturated heterocycles. The summed E-state index contributed by atoms with van der Waals surface area (Å²) < 4.78 is 2.92. The van der Waals surface area contributed by atoms with Gasteiger partial charge in [0.25, 0.3) is 0 Å². The van der Waals surface area contributed by atoms with Gasteiger partial charge in [0.05, 0.1) is 23.2 Å². The van der Waals surface area contributed by atoms with Crippen LogP contribution in [0.5, 0.6) is 0 Å². The van der Waals surface area contributed by atoms with Crippen molar-refractivity contribution in [2.75, 3.05) is 17.2 Å². The van der Waals surface area contributed by atoms with Crippen LogP contribution in [0.2, 0.25) is 0 Å². The number of aromatic nitrogens is 3. The molecule has 0 aliphatic rings. The predicted molar refractivity (Wildman–Crippen MR) is 121 cm³/mol. The number of fused-ring (bicyclic) bond motifs is 1. The van der Waals surface area contributed by atoms with Crippen LogP contribution in [0.4, 0.5) is 5.13 Å². The van der Waals surface area contributed by atoms with Crippen molar-refractivity contribution < 1.29 is 4.79 Å². The summed E-state index contributed by atoms with van der Waals surface area (Å²) in [6.45, 7) is 3.29. The molecule has 0 atom stereocenters. The molecule has 0 aliphatic heterocycles. The first-order chi connectivity index (χ1) is 14.2. The average Bonchev–Trinajstić information content (AvgIpc) is 3.39. The number of para-hydroxylation sites is 1. The smallest absolute Gasteiger partial charge is 0.233 e. The van der Waals surface area contributed by atoms with E-state index in [1.54, 1.807) is 34.2 Å². The molecule has 0 fully saturated rings. The van der Waals surface area contributed by atoms with Gasteiger partial charge in [-0.2, -0.15) is 5.10 Å². The molecule has 0 aliphatic carbocycles. The summed E-state index contributed by atoms with van der Waals surface area (Å²) in [5.41, 5.74) is 1.94. The number of hydrogen-bond donors (Lipinski definition) is 0. The van der Waals surface area contributed by atoms with E-state index < -0.39 is 0 Å². The Morgan fingerprint density at radius 1 is 1.14 bits per heavy atom. The van der Waals surface area contributed by atoms with Crippen LogP contribution in [0.15, 0.2) is 71.9 Å². The van der Waals surface area contributed by atoms with Gasteiger partial charge in [0.1, 0.15) is 0 Å². The maximum atomic E-state index is 13.2. The fourth-order valence-electron chi connectivity index (χ4n) is 3.08. The Bertz CT molecular complexity index is 1040. The molecule has 2 aromatic heterocycles. The van der Waals surface area contributed by atoms with E-state index in [2.05, 4.69) is 24.2 Å². The summed E-state index contributed by atoms with van der Waals surface area (Å²) >= 11 is 3.35. The van der Waals surface area contributed by atoms with E-state index in [-0.39, 0.29) is 5.91 Å². The minimum atomic E-state index is 0.0482. The lowest BCUT2D eigenvalue weighted by Crippen LogP contribution is -2.35. The van der Waals surface area contributed by atoms with Gasteiger partial charge < -0.3 is 0 Å². The van der Waals surface area contributed by atoms with Crippen molar-refractivity contribution in [2.45, 2.75) is 24.8 Å². The third-order valence-electron chi connectivity index (χ3n) is 4.52. The molecule has 7 heteroatoms. The standard InChI is InChI=1S/C22H22N4OS2/c1-2-28-18-10-8-17(9-11-18)16-21(27)26(15-14-25-13-5-12-23-25)22-24-19-6-3-4-7-20(19)29-22/h3-13H,2,14-16H2,1H3. The monoisotopic (exact) mass is 422 g/mol. The summed E-state index contributed by atoms with van der Waals surface area (Å²) in [6.07, 6.45) is 4.01. The number of anilines is 1. The van der Waals surface area contributed by atoms with Crippen LogP contribution in [0.25, 0.3) is 10.2 Å². The van der Waals surface area contributed by atoms with Crippen LogP contribution < -0.4 is 4.90 Å². The molecule has 0 spiro atoms. The molecule has 0 bridgehead atoms. The second kappa shape index (κ2) is 9.24. The zero-order valence-corrected chi connectivity index (χ0v) is 17.8.